The molecule has 0 radical (unpaired) electrons. The Morgan fingerprint density at radius 2 is 1.74 bits per heavy atom. The fourth-order valence-corrected chi connectivity index (χ4v) is 3.14. The fourth-order valence-electron chi connectivity index (χ4n) is 2.77. The normalized spacial score (nSPS) is 12.6. The second-order valence-electron chi connectivity index (χ2n) is 6.39. The van der Waals surface area contributed by atoms with Gasteiger partial charge in [0.15, 0.2) is 0 Å². The lowest BCUT2D eigenvalue weighted by molar-refractivity contribution is -0.274. The average Bonchev–Trinajstić information content (AvgIpc) is 2.96. The molecule has 0 amide bonds. The predicted octanol–water partition coefficient (Wildman–Crippen LogP) is 5.84. The van der Waals surface area contributed by atoms with Gasteiger partial charge >= 0.3 is 18.7 Å². The molecule has 172 valence electrons. The summed E-state index contributed by atoms with van der Waals surface area (Å²) in [7, 11) is 0. The van der Waals surface area contributed by atoms with Crippen LogP contribution >= 0.6 is 11.6 Å². The Labute approximate surface area is 178 Å². The van der Waals surface area contributed by atoms with E-state index in [1.165, 1.54) is 16.8 Å². The van der Waals surface area contributed by atoms with Gasteiger partial charge in [-0.05, 0) is 37.5 Å². The summed E-state index contributed by atoms with van der Waals surface area (Å²) in [5.74, 6) is -2.33. The molecule has 2 rings (SSSR count). The van der Waals surface area contributed by atoms with Gasteiger partial charge < -0.3 is 4.74 Å². The molecule has 2 aromatic rings. The Bertz CT molecular complexity index is 919. The van der Waals surface area contributed by atoms with Crippen LogP contribution in [0.15, 0.2) is 18.2 Å². The van der Waals surface area contributed by atoms with Crippen LogP contribution in [0, 0.1) is 5.92 Å². The maximum Gasteiger partial charge on any atom is 0.573 e. The minimum absolute atomic E-state index is 0.0137. The third kappa shape index (κ3) is 7.29. The van der Waals surface area contributed by atoms with Gasteiger partial charge in [-0.2, -0.15) is 27.9 Å². The molecule has 1 atom stereocenters. The molecule has 0 aliphatic heterocycles. The van der Waals surface area contributed by atoms with Crippen molar-refractivity contribution in [2.75, 3.05) is 0 Å². The number of alkyl halides is 6. The highest BCUT2D eigenvalue weighted by atomic mass is 35.5. The number of nitrogens with zero attached hydrogens (tertiary/aromatic N) is 2. The van der Waals surface area contributed by atoms with Crippen LogP contribution in [-0.2, 0) is 29.0 Å². The van der Waals surface area contributed by atoms with Gasteiger partial charge in [-0.25, -0.2) is 0 Å². The van der Waals surface area contributed by atoms with Crippen molar-refractivity contribution >= 4 is 17.8 Å². The van der Waals surface area contributed by atoms with Gasteiger partial charge in [-0.1, -0.05) is 31.5 Å². The zero-order valence-corrected chi connectivity index (χ0v) is 17.5. The Balaban J connectivity index is 0.00000151. The summed E-state index contributed by atoms with van der Waals surface area (Å²) in [6.45, 7) is 4.85. The Morgan fingerprint density at radius 1 is 1.16 bits per heavy atom. The zero-order chi connectivity index (χ0) is 24.0. The highest BCUT2D eigenvalue weighted by Crippen LogP contribution is 2.40. The molecule has 0 aliphatic rings. The SMILES string of the molecule is CCc1nn(CC)c(-c2ccc(CC(C)C(F)(F)F)cc2OC(F)(F)F)c1Cl.O=C=O. The van der Waals surface area contributed by atoms with Crippen molar-refractivity contribution in [1.29, 1.82) is 0 Å². The topological polar surface area (TPSA) is 61.2 Å². The molecule has 0 spiro atoms. The lowest BCUT2D eigenvalue weighted by Crippen LogP contribution is -2.22. The first-order chi connectivity index (χ1) is 14.3. The molecule has 0 saturated carbocycles. The van der Waals surface area contributed by atoms with E-state index in [-0.39, 0.29) is 28.0 Å². The molecule has 12 heteroatoms. The number of ether oxygens (including phenoxy) is 1. The van der Waals surface area contributed by atoms with Crippen LogP contribution in [0.5, 0.6) is 5.75 Å². The Morgan fingerprint density at radius 3 is 2.19 bits per heavy atom. The molecule has 1 aromatic heterocycles. The molecular formula is C19H19ClF6N2O3. The number of hydrogen-bond acceptors (Lipinski definition) is 4. The first-order valence-corrected chi connectivity index (χ1v) is 9.36. The number of aryl methyl sites for hydroxylation is 2. The Hall–Kier alpha value is -2.52. The van der Waals surface area contributed by atoms with Gasteiger partial charge in [0.1, 0.15) is 5.75 Å². The van der Waals surface area contributed by atoms with E-state index in [9.17, 15) is 26.3 Å². The molecule has 0 fully saturated rings. The summed E-state index contributed by atoms with van der Waals surface area (Å²) in [5.41, 5.74) is 0.823. The van der Waals surface area contributed by atoms with E-state index in [2.05, 4.69) is 9.84 Å². The van der Waals surface area contributed by atoms with Crippen LogP contribution in [0.4, 0.5) is 26.3 Å². The van der Waals surface area contributed by atoms with Gasteiger partial charge in [0.25, 0.3) is 0 Å². The quantitative estimate of drug-likeness (QED) is 0.495. The third-order valence-electron chi connectivity index (χ3n) is 4.22. The van der Waals surface area contributed by atoms with Gasteiger partial charge in [0, 0.05) is 12.1 Å². The van der Waals surface area contributed by atoms with E-state index < -0.39 is 30.6 Å². The molecular weight excluding hydrogens is 454 g/mol. The molecule has 0 saturated heterocycles. The summed E-state index contributed by atoms with van der Waals surface area (Å²) in [6.07, 6.45) is -9.22. The van der Waals surface area contributed by atoms with Gasteiger partial charge in [0.05, 0.1) is 22.3 Å². The van der Waals surface area contributed by atoms with Crippen molar-refractivity contribution in [3.05, 3.63) is 34.5 Å². The predicted molar refractivity (Wildman–Crippen MR) is 98.3 cm³/mol. The maximum atomic E-state index is 12.9. The van der Waals surface area contributed by atoms with Crippen LogP contribution in [0.25, 0.3) is 11.3 Å². The number of benzene rings is 1. The number of aromatic nitrogens is 2. The van der Waals surface area contributed by atoms with Gasteiger partial charge in [-0.3, -0.25) is 4.68 Å². The van der Waals surface area contributed by atoms with Crippen LogP contribution < -0.4 is 4.74 Å². The van der Waals surface area contributed by atoms with Crippen molar-refractivity contribution in [3.63, 3.8) is 0 Å². The Kier molecular flexibility index (Phi) is 9.13. The van der Waals surface area contributed by atoms with Crippen LogP contribution in [0.2, 0.25) is 5.02 Å². The van der Waals surface area contributed by atoms with Crippen molar-refractivity contribution in [3.8, 4) is 17.0 Å². The van der Waals surface area contributed by atoms with E-state index >= 15 is 0 Å². The van der Waals surface area contributed by atoms with Crippen molar-refractivity contribution in [2.24, 2.45) is 5.92 Å². The fraction of sp³-hybridized carbons (Fsp3) is 0.474. The highest BCUT2D eigenvalue weighted by molar-refractivity contribution is 6.33. The van der Waals surface area contributed by atoms with Crippen molar-refractivity contribution in [1.82, 2.24) is 9.78 Å². The minimum atomic E-state index is -5.01. The second-order valence-corrected chi connectivity index (χ2v) is 6.76. The molecule has 0 N–H and O–H groups in total. The number of halogens is 7. The van der Waals surface area contributed by atoms with E-state index in [4.69, 9.17) is 21.2 Å². The summed E-state index contributed by atoms with van der Waals surface area (Å²) < 4.78 is 82.7. The van der Waals surface area contributed by atoms with E-state index in [0.29, 0.717) is 18.7 Å². The smallest absolute Gasteiger partial charge is 0.405 e. The van der Waals surface area contributed by atoms with E-state index in [1.54, 1.807) is 13.8 Å². The first kappa shape index (κ1) is 26.5. The zero-order valence-electron chi connectivity index (χ0n) is 16.7. The largest absolute Gasteiger partial charge is 0.573 e. The summed E-state index contributed by atoms with van der Waals surface area (Å²) >= 11 is 6.30. The van der Waals surface area contributed by atoms with E-state index in [1.807, 2.05) is 0 Å². The van der Waals surface area contributed by atoms with Gasteiger partial charge in [-0.15, -0.1) is 13.2 Å². The second kappa shape index (κ2) is 10.7. The maximum absolute atomic E-state index is 12.9. The monoisotopic (exact) mass is 472 g/mol. The van der Waals surface area contributed by atoms with Crippen LogP contribution in [0.1, 0.15) is 32.0 Å². The van der Waals surface area contributed by atoms with Crippen LogP contribution in [0.3, 0.4) is 0 Å². The standard InChI is InChI=1S/C18H19ClF6N2O.CO2/c1-4-13-15(19)16(27(5-2)26-13)12-7-6-11(8-10(3)17(20,21)22)9-14(12)28-18(23,24)25;2-1-3/h6-7,9-10H,4-5,8H2,1-3H3;. The highest BCUT2D eigenvalue weighted by Gasteiger charge is 2.37. The van der Waals surface area contributed by atoms with E-state index in [0.717, 1.165) is 13.0 Å². The summed E-state index contributed by atoms with van der Waals surface area (Å²) in [6, 6.07) is 3.60. The van der Waals surface area contributed by atoms with Crippen molar-refractivity contribution < 1.29 is 40.7 Å². The molecule has 1 heterocycles. The van der Waals surface area contributed by atoms with Crippen LogP contribution in [-0.4, -0.2) is 28.5 Å². The third-order valence-corrected chi connectivity index (χ3v) is 4.62. The lowest BCUT2D eigenvalue weighted by atomic mass is 9.98. The number of carbonyl (C=O) groups excluding carboxylic acids is 2. The first-order valence-electron chi connectivity index (χ1n) is 8.99. The molecule has 5 nitrogen and oxygen atoms in total. The molecule has 1 aromatic carbocycles. The molecule has 31 heavy (non-hydrogen) atoms. The summed E-state index contributed by atoms with van der Waals surface area (Å²) in [4.78, 5) is 16.2. The number of hydrogen-bond donors (Lipinski definition) is 0. The molecule has 0 bridgehead atoms. The molecule has 1 unspecified atom stereocenters. The average molecular weight is 473 g/mol. The van der Waals surface area contributed by atoms with Gasteiger partial charge in [0.2, 0.25) is 0 Å². The summed E-state index contributed by atoms with van der Waals surface area (Å²) in [5, 5.41) is 4.45. The molecule has 0 aliphatic carbocycles. The lowest BCUT2D eigenvalue weighted by Gasteiger charge is -2.18. The minimum Gasteiger partial charge on any atom is -0.405 e. The number of rotatable bonds is 6. The van der Waals surface area contributed by atoms with Crippen molar-refractivity contribution in [2.45, 2.75) is 52.7 Å².